The molecule has 1 amide bonds. The third-order valence-corrected chi connectivity index (χ3v) is 13.4. The van der Waals surface area contributed by atoms with Crippen LogP contribution in [-0.2, 0) is 4.79 Å². The molecule has 0 heterocycles. The zero-order valence-corrected chi connectivity index (χ0v) is 47.4. The number of carbonyl (C=O) groups is 1. The van der Waals surface area contributed by atoms with Crippen molar-refractivity contribution in [2.75, 3.05) is 6.61 Å². The van der Waals surface area contributed by atoms with Crippen molar-refractivity contribution in [2.45, 2.75) is 296 Å². The lowest BCUT2D eigenvalue weighted by atomic mass is 10.0. The van der Waals surface area contributed by atoms with Gasteiger partial charge in [0.2, 0.25) is 5.91 Å². The number of carbonyl (C=O) groups excluding carboxylic acids is 1. The number of hydrogen-bond donors (Lipinski definition) is 3. The van der Waals surface area contributed by atoms with E-state index >= 15 is 0 Å². The molecule has 0 aromatic heterocycles. The smallest absolute Gasteiger partial charge is 0.220 e. The van der Waals surface area contributed by atoms with Gasteiger partial charge in [-0.2, -0.15) is 0 Å². The quantitative estimate of drug-likeness (QED) is 0.0420. The first kappa shape index (κ1) is 68.8. The summed E-state index contributed by atoms with van der Waals surface area (Å²) in [7, 11) is 0. The van der Waals surface area contributed by atoms with Gasteiger partial charge in [-0.3, -0.25) is 4.79 Å². The van der Waals surface area contributed by atoms with Crippen LogP contribution in [0.3, 0.4) is 0 Å². The number of aliphatic hydroxyl groups excluding tert-OH is 2. The highest BCUT2D eigenvalue weighted by Gasteiger charge is 2.18. The Balaban J connectivity index is 3.60. The van der Waals surface area contributed by atoms with Gasteiger partial charge in [0.05, 0.1) is 18.8 Å². The third-order valence-electron chi connectivity index (χ3n) is 13.4. The van der Waals surface area contributed by atoms with Crippen LogP contribution in [0.15, 0.2) is 122 Å². The highest BCUT2D eigenvalue weighted by atomic mass is 16.3. The predicted molar refractivity (Wildman–Crippen MR) is 322 cm³/mol. The van der Waals surface area contributed by atoms with Crippen LogP contribution in [0, 0.1) is 0 Å². The molecule has 4 heteroatoms. The Morgan fingerprint density at radius 1 is 0.347 bits per heavy atom. The Morgan fingerprint density at radius 2 is 0.625 bits per heavy atom. The first-order valence-electron chi connectivity index (χ1n) is 30.7. The van der Waals surface area contributed by atoms with Crippen LogP contribution in [-0.4, -0.2) is 34.9 Å². The van der Waals surface area contributed by atoms with E-state index in [1.807, 2.05) is 6.08 Å². The SMILES string of the molecule is CC/C=C\C/C=C\C/C=C\C/C=C\C/C=C\C/C=C\C/C=C\C/C=C\CCCCCCCCCCCCC(=O)NC(CO)C(O)/C=C/CC/C=C/CCCCCCCCCCCCCCCCCCCCC. The van der Waals surface area contributed by atoms with Gasteiger partial charge in [0.25, 0.3) is 0 Å². The molecule has 0 spiro atoms. The average molecular weight is 997 g/mol. The molecule has 3 N–H and O–H groups in total. The van der Waals surface area contributed by atoms with E-state index in [2.05, 4.69) is 129 Å². The van der Waals surface area contributed by atoms with E-state index in [4.69, 9.17) is 0 Å². The summed E-state index contributed by atoms with van der Waals surface area (Å²) in [5.41, 5.74) is 0. The molecule has 0 saturated carbocycles. The third kappa shape index (κ3) is 57.7. The largest absolute Gasteiger partial charge is 0.394 e. The maximum Gasteiger partial charge on any atom is 0.220 e. The van der Waals surface area contributed by atoms with Gasteiger partial charge < -0.3 is 15.5 Å². The fourth-order valence-corrected chi connectivity index (χ4v) is 8.80. The highest BCUT2D eigenvalue weighted by Crippen LogP contribution is 2.16. The lowest BCUT2D eigenvalue weighted by molar-refractivity contribution is -0.123. The summed E-state index contributed by atoms with van der Waals surface area (Å²) in [5, 5.41) is 23.2. The van der Waals surface area contributed by atoms with E-state index in [0.717, 1.165) is 89.9 Å². The molecule has 72 heavy (non-hydrogen) atoms. The zero-order valence-electron chi connectivity index (χ0n) is 47.4. The van der Waals surface area contributed by atoms with Gasteiger partial charge in [0.15, 0.2) is 0 Å². The second-order valence-electron chi connectivity index (χ2n) is 20.4. The summed E-state index contributed by atoms with van der Waals surface area (Å²) < 4.78 is 0. The van der Waals surface area contributed by atoms with Crippen LogP contribution in [0.4, 0.5) is 0 Å². The van der Waals surface area contributed by atoms with Crippen LogP contribution < -0.4 is 5.32 Å². The minimum absolute atomic E-state index is 0.0811. The normalized spacial score (nSPS) is 13.7. The Hall–Kier alpha value is -3.21. The molecule has 0 aliphatic heterocycles. The number of rotatable bonds is 55. The van der Waals surface area contributed by atoms with Crippen molar-refractivity contribution in [3.8, 4) is 0 Å². The van der Waals surface area contributed by atoms with E-state index in [1.165, 1.54) is 173 Å². The summed E-state index contributed by atoms with van der Waals surface area (Å²) in [6.07, 6.45) is 95.2. The molecule has 0 saturated heterocycles. The minimum Gasteiger partial charge on any atom is -0.394 e. The van der Waals surface area contributed by atoms with E-state index in [0.29, 0.717) is 6.42 Å². The molecule has 0 radical (unpaired) electrons. The van der Waals surface area contributed by atoms with E-state index in [-0.39, 0.29) is 12.5 Å². The molecule has 0 fully saturated rings. The molecule has 2 unspecified atom stereocenters. The average Bonchev–Trinajstić information content (AvgIpc) is 3.39. The van der Waals surface area contributed by atoms with Gasteiger partial charge in [-0.15, -0.1) is 0 Å². The molecule has 2 atom stereocenters. The second-order valence-corrected chi connectivity index (χ2v) is 20.4. The standard InChI is InChI=1S/C68H117NO3/c1-3-5-7-9-11-13-15-17-19-21-23-25-27-29-30-31-32-33-34-35-36-37-38-40-42-44-46-48-50-52-54-56-58-60-62-64-68(72)69-66(65-70)67(71)63-61-59-57-55-53-51-49-47-45-43-41-39-28-26-24-22-20-18-16-14-12-10-8-6-4-2/h5,7,11,13,17,19,23,25,29-30,32-33,35-36,38,40,53,55,61,63,66-67,70-71H,3-4,6,8-10,12,14-16,18,20-22,24,26-28,31,34,37,39,41-52,54,56-60,62,64-65H2,1-2H3,(H,69,72)/b7-5-,13-11-,19-17-,25-23-,30-29-,33-32-,36-35-,40-38-,55-53+,63-61+. The molecule has 0 aromatic rings. The first-order chi connectivity index (χ1) is 35.7. The molecular weight excluding hydrogens is 879 g/mol. The Labute approximate surface area is 448 Å². The summed E-state index contributed by atoms with van der Waals surface area (Å²) >= 11 is 0. The van der Waals surface area contributed by atoms with Crippen molar-refractivity contribution in [3.63, 3.8) is 0 Å². The van der Waals surface area contributed by atoms with E-state index in [1.54, 1.807) is 6.08 Å². The van der Waals surface area contributed by atoms with E-state index < -0.39 is 12.1 Å². The molecule has 412 valence electrons. The Kier molecular flexibility index (Phi) is 59.3. The fraction of sp³-hybridized carbons (Fsp3) is 0.691. The van der Waals surface area contributed by atoms with Crippen molar-refractivity contribution in [1.29, 1.82) is 0 Å². The van der Waals surface area contributed by atoms with Crippen LogP contribution >= 0.6 is 0 Å². The lowest BCUT2D eigenvalue weighted by Gasteiger charge is -2.19. The van der Waals surface area contributed by atoms with Gasteiger partial charge in [-0.05, 0) is 96.3 Å². The summed E-state index contributed by atoms with van der Waals surface area (Å²) in [6.45, 7) is 4.20. The van der Waals surface area contributed by atoms with Gasteiger partial charge >= 0.3 is 0 Å². The molecule has 0 bridgehead atoms. The molecule has 0 aliphatic rings. The van der Waals surface area contributed by atoms with Gasteiger partial charge in [0, 0.05) is 6.42 Å². The first-order valence-corrected chi connectivity index (χ1v) is 30.7. The summed E-state index contributed by atoms with van der Waals surface area (Å²) in [5.74, 6) is -0.0811. The second kappa shape index (κ2) is 62.1. The zero-order chi connectivity index (χ0) is 52.0. The Bertz CT molecular complexity index is 1410. The molecule has 4 nitrogen and oxygen atoms in total. The monoisotopic (exact) mass is 996 g/mol. The highest BCUT2D eigenvalue weighted by molar-refractivity contribution is 5.76. The maximum atomic E-state index is 12.5. The van der Waals surface area contributed by atoms with Crippen molar-refractivity contribution in [1.82, 2.24) is 5.32 Å². The number of amides is 1. The van der Waals surface area contributed by atoms with Crippen molar-refractivity contribution >= 4 is 5.91 Å². The molecule has 0 rings (SSSR count). The minimum atomic E-state index is -0.873. The number of unbranched alkanes of at least 4 members (excludes halogenated alkanes) is 30. The van der Waals surface area contributed by atoms with Gasteiger partial charge in [-0.25, -0.2) is 0 Å². The van der Waals surface area contributed by atoms with Crippen LogP contribution in [0.2, 0.25) is 0 Å². The number of hydrogen-bond acceptors (Lipinski definition) is 3. The van der Waals surface area contributed by atoms with Gasteiger partial charge in [0.1, 0.15) is 0 Å². The topological polar surface area (TPSA) is 69.6 Å². The molecular formula is C68H117NO3. The van der Waals surface area contributed by atoms with Crippen molar-refractivity contribution in [2.24, 2.45) is 0 Å². The molecule has 0 aliphatic carbocycles. The summed E-state index contributed by atoms with van der Waals surface area (Å²) in [4.78, 5) is 12.5. The lowest BCUT2D eigenvalue weighted by Crippen LogP contribution is -2.45. The van der Waals surface area contributed by atoms with Crippen LogP contribution in [0.5, 0.6) is 0 Å². The number of aliphatic hydroxyl groups is 2. The summed E-state index contributed by atoms with van der Waals surface area (Å²) in [6, 6.07) is -0.651. The van der Waals surface area contributed by atoms with Crippen LogP contribution in [0.25, 0.3) is 0 Å². The van der Waals surface area contributed by atoms with Crippen molar-refractivity contribution < 1.29 is 15.0 Å². The maximum absolute atomic E-state index is 12.5. The Morgan fingerprint density at radius 3 is 0.972 bits per heavy atom. The van der Waals surface area contributed by atoms with Crippen LogP contribution in [0.1, 0.15) is 284 Å². The van der Waals surface area contributed by atoms with Gasteiger partial charge in [-0.1, -0.05) is 302 Å². The number of allylic oxidation sites excluding steroid dienone is 19. The number of nitrogens with one attached hydrogen (secondary N) is 1. The van der Waals surface area contributed by atoms with E-state index in [9.17, 15) is 15.0 Å². The fourth-order valence-electron chi connectivity index (χ4n) is 8.80. The predicted octanol–water partition coefficient (Wildman–Crippen LogP) is 20.8. The molecule has 0 aromatic carbocycles. The van der Waals surface area contributed by atoms with Crippen molar-refractivity contribution in [3.05, 3.63) is 122 Å².